The van der Waals surface area contributed by atoms with Gasteiger partial charge in [-0.3, -0.25) is 4.79 Å². The van der Waals surface area contributed by atoms with Crippen molar-refractivity contribution < 1.29 is 4.79 Å². The minimum absolute atomic E-state index is 0.0304. The van der Waals surface area contributed by atoms with Gasteiger partial charge in [0.2, 0.25) is 5.91 Å². The van der Waals surface area contributed by atoms with Crippen LogP contribution in [0.4, 0.5) is 0 Å². The normalized spacial score (nSPS) is 19.0. The Bertz CT molecular complexity index is 212. The molecule has 0 aromatic carbocycles. The second kappa shape index (κ2) is 3.81. The summed E-state index contributed by atoms with van der Waals surface area (Å²) in [6.07, 6.45) is 4.97. The maximum absolute atomic E-state index is 11.5. The molecule has 1 saturated carbocycles. The van der Waals surface area contributed by atoms with Crippen molar-refractivity contribution in [3.05, 3.63) is 0 Å². The van der Waals surface area contributed by atoms with Gasteiger partial charge in [-0.25, -0.2) is 0 Å². The molecule has 0 unspecified atom stereocenters. The SMILES string of the molecule is CSC1(C(=O)NCC#N)CCC1. The molecular formula is C8H12N2OS. The standard InChI is InChI=1S/C8H12N2OS/c1-12-8(3-2-4-8)7(11)10-6-5-9/h2-4,6H2,1H3,(H,10,11). The molecule has 1 fully saturated rings. The molecule has 0 radical (unpaired) electrons. The van der Waals surface area contributed by atoms with Crippen molar-refractivity contribution in [3.63, 3.8) is 0 Å². The van der Waals surface area contributed by atoms with Crippen LogP contribution in [0, 0.1) is 11.3 Å². The molecule has 1 aliphatic carbocycles. The quantitative estimate of drug-likeness (QED) is 0.663. The van der Waals surface area contributed by atoms with E-state index in [1.807, 2.05) is 12.3 Å². The summed E-state index contributed by atoms with van der Waals surface area (Å²) in [4.78, 5) is 11.5. The molecule has 1 aliphatic rings. The molecule has 66 valence electrons. The highest BCUT2D eigenvalue weighted by atomic mass is 32.2. The molecule has 1 amide bonds. The first kappa shape index (κ1) is 9.40. The lowest BCUT2D eigenvalue weighted by molar-refractivity contribution is -0.125. The third kappa shape index (κ3) is 1.56. The molecule has 0 aromatic rings. The summed E-state index contributed by atoms with van der Waals surface area (Å²) in [5.41, 5.74) is 0. The van der Waals surface area contributed by atoms with Crippen LogP contribution in [0.2, 0.25) is 0 Å². The number of carbonyl (C=O) groups excluding carboxylic acids is 1. The first-order valence-electron chi connectivity index (χ1n) is 3.95. The average molecular weight is 184 g/mol. The molecule has 3 nitrogen and oxygen atoms in total. The monoisotopic (exact) mass is 184 g/mol. The van der Waals surface area contributed by atoms with E-state index in [-0.39, 0.29) is 17.2 Å². The van der Waals surface area contributed by atoms with Crippen molar-refractivity contribution in [2.24, 2.45) is 0 Å². The lowest BCUT2D eigenvalue weighted by Crippen LogP contribution is -2.49. The number of hydrogen-bond acceptors (Lipinski definition) is 3. The number of carbonyl (C=O) groups is 1. The Morgan fingerprint density at radius 3 is 2.75 bits per heavy atom. The van der Waals surface area contributed by atoms with Gasteiger partial charge in [0.05, 0.1) is 10.8 Å². The largest absolute Gasteiger partial charge is 0.342 e. The topological polar surface area (TPSA) is 52.9 Å². The van der Waals surface area contributed by atoms with Crippen LogP contribution >= 0.6 is 11.8 Å². The van der Waals surface area contributed by atoms with Gasteiger partial charge in [0.25, 0.3) is 0 Å². The Morgan fingerprint density at radius 2 is 2.42 bits per heavy atom. The molecule has 1 rings (SSSR count). The predicted molar refractivity (Wildman–Crippen MR) is 48.7 cm³/mol. The van der Waals surface area contributed by atoms with Crippen molar-refractivity contribution in [1.29, 1.82) is 5.26 Å². The molecule has 0 heterocycles. The average Bonchev–Trinajstić information content (AvgIpc) is 2.00. The molecule has 0 aliphatic heterocycles. The summed E-state index contributed by atoms with van der Waals surface area (Å²) < 4.78 is -0.211. The number of nitrogens with zero attached hydrogens (tertiary/aromatic N) is 1. The number of nitrogens with one attached hydrogen (secondary N) is 1. The van der Waals surface area contributed by atoms with Crippen molar-refractivity contribution >= 4 is 17.7 Å². The fourth-order valence-corrected chi connectivity index (χ4v) is 2.26. The van der Waals surface area contributed by atoms with E-state index >= 15 is 0 Å². The van der Waals surface area contributed by atoms with E-state index < -0.39 is 0 Å². The van der Waals surface area contributed by atoms with E-state index in [4.69, 9.17) is 5.26 Å². The molecule has 0 saturated heterocycles. The number of thioether (sulfide) groups is 1. The van der Waals surface area contributed by atoms with Crippen LogP contribution in [-0.4, -0.2) is 23.5 Å². The summed E-state index contributed by atoms with van der Waals surface area (Å²) in [6.45, 7) is 0.126. The molecule has 0 bridgehead atoms. The second-order valence-corrected chi connectivity index (χ2v) is 4.08. The van der Waals surface area contributed by atoms with Crippen molar-refractivity contribution in [3.8, 4) is 6.07 Å². The predicted octanol–water partition coefficient (Wildman–Crippen LogP) is 0.912. The Hall–Kier alpha value is -0.690. The zero-order valence-corrected chi connectivity index (χ0v) is 7.91. The molecular weight excluding hydrogens is 172 g/mol. The van der Waals surface area contributed by atoms with Gasteiger partial charge >= 0.3 is 0 Å². The Morgan fingerprint density at radius 1 is 1.75 bits per heavy atom. The van der Waals surface area contributed by atoms with Gasteiger partial charge in [0.1, 0.15) is 6.54 Å². The molecule has 4 heteroatoms. The highest BCUT2D eigenvalue weighted by Crippen LogP contribution is 2.42. The van der Waals surface area contributed by atoms with Crippen LogP contribution in [0.15, 0.2) is 0 Å². The molecule has 12 heavy (non-hydrogen) atoms. The fraction of sp³-hybridized carbons (Fsp3) is 0.750. The lowest BCUT2D eigenvalue weighted by atomic mass is 9.83. The van der Waals surface area contributed by atoms with Crippen LogP contribution < -0.4 is 5.32 Å². The van der Waals surface area contributed by atoms with E-state index in [1.165, 1.54) is 0 Å². The van der Waals surface area contributed by atoms with Gasteiger partial charge in [0.15, 0.2) is 0 Å². The number of amides is 1. The minimum Gasteiger partial charge on any atom is -0.342 e. The van der Waals surface area contributed by atoms with E-state index in [0.717, 1.165) is 19.3 Å². The van der Waals surface area contributed by atoms with Crippen molar-refractivity contribution in [1.82, 2.24) is 5.32 Å². The summed E-state index contributed by atoms with van der Waals surface area (Å²) in [6, 6.07) is 1.90. The maximum Gasteiger partial charge on any atom is 0.237 e. The zero-order valence-electron chi connectivity index (χ0n) is 7.09. The van der Waals surface area contributed by atoms with E-state index in [9.17, 15) is 4.79 Å². The minimum atomic E-state index is -0.211. The van der Waals surface area contributed by atoms with Gasteiger partial charge in [-0.05, 0) is 25.5 Å². The molecule has 1 N–H and O–H groups in total. The summed E-state index contributed by atoms with van der Waals surface area (Å²) in [5.74, 6) is 0.0304. The molecule has 0 spiro atoms. The third-order valence-corrected chi connectivity index (χ3v) is 3.67. The number of rotatable bonds is 3. The lowest BCUT2D eigenvalue weighted by Gasteiger charge is -2.38. The van der Waals surface area contributed by atoms with E-state index in [2.05, 4.69) is 5.32 Å². The summed E-state index contributed by atoms with van der Waals surface area (Å²) in [5, 5.41) is 10.9. The highest BCUT2D eigenvalue weighted by Gasteiger charge is 2.43. The first-order chi connectivity index (χ1) is 5.75. The summed E-state index contributed by atoms with van der Waals surface area (Å²) in [7, 11) is 0. The highest BCUT2D eigenvalue weighted by molar-refractivity contribution is 8.00. The van der Waals surface area contributed by atoms with Gasteiger partial charge in [-0.15, -0.1) is 11.8 Å². The second-order valence-electron chi connectivity index (χ2n) is 2.89. The van der Waals surface area contributed by atoms with Gasteiger partial charge in [-0.2, -0.15) is 5.26 Å². The molecule has 0 aromatic heterocycles. The van der Waals surface area contributed by atoms with Gasteiger partial charge in [-0.1, -0.05) is 0 Å². The molecule has 0 atom stereocenters. The van der Waals surface area contributed by atoms with Gasteiger partial charge in [0, 0.05) is 0 Å². The smallest absolute Gasteiger partial charge is 0.237 e. The van der Waals surface area contributed by atoms with Crippen molar-refractivity contribution in [2.45, 2.75) is 24.0 Å². The van der Waals surface area contributed by atoms with E-state index in [1.54, 1.807) is 11.8 Å². The number of nitriles is 1. The summed E-state index contributed by atoms with van der Waals surface area (Å²) >= 11 is 1.60. The first-order valence-corrected chi connectivity index (χ1v) is 5.18. The Labute approximate surface area is 76.5 Å². The van der Waals surface area contributed by atoms with Gasteiger partial charge < -0.3 is 5.32 Å². The van der Waals surface area contributed by atoms with Crippen LogP contribution in [-0.2, 0) is 4.79 Å². The third-order valence-electron chi connectivity index (χ3n) is 2.29. The Balaban J connectivity index is 2.44. The zero-order chi connectivity index (χ0) is 9.03. The van der Waals surface area contributed by atoms with Crippen LogP contribution in [0.25, 0.3) is 0 Å². The van der Waals surface area contributed by atoms with Crippen LogP contribution in [0.5, 0.6) is 0 Å². The number of hydrogen-bond donors (Lipinski definition) is 1. The van der Waals surface area contributed by atoms with Crippen LogP contribution in [0.3, 0.4) is 0 Å². The fourth-order valence-electron chi connectivity index (χ4n) is 1.30. The van der Waals surface area contributed by atoms with E-state index in [0.29, 0.717) is 0 Å². The van der Waals surface area contributed by atoms with Crippen molar-refractivity contribution in [2.75, 3.05) is 12.8 Å². The maximum atomic E-state index is 11.5. The Kier molecular flexibility index (Phi) is 2.99. The van der Waals surface area contributed by atoms with Crippen LogP contribution in [0.1, 0.15) is 19.3 Å².